The minimum absolute atomic E-state index is 0.00133. The van der Waals surface area contributed by atoms with Crippen LogP contribution in [0.15, 0.2) is 30.3 Å². The van der Waals surface area contributed by atoms with Crippen LogP contribution in [0.1, 0.15) is 12.0 Å². The summed E-state index contributed by atoms with van der Waals surface area (Å²) in [6, 6.07) is 6.33. The lowest BCUT2D eigenvalue weighted by Crippen LogP contribution is -1.95. The molecule has 2 aromatic rings. The van der Waals surface area contributed by atoms with Gasteiger partial charge in [-0.1, -0.05) is 46.9 Å². The number of hydrogen-bond donors (Lipinski definition) is 0. The molecule has 0 nitrogen and oxygen atoms in total. The second-order valence-corrected chi connectivity index (χ2v) is 4.97. The van der Waals surface area contributed by atoms with Gasteiger partial charge in [0.25, 0.3) is 6.43 Å². The van der Waals surface area contributed by atoms with Gasteiger partial charge in [0.15, 0.2) is 0 Å². The summed E-state index contributed by atoms with van der Waals surface area (Å²) >= 11 is 17.6. The molecular formula is C13H6Cl3F3. The fourth-order valence-electron chi connectivity index (χ4n) is 1.72. The first-order valence-corrected chi connectivity index (χ1v) is 6.26. The Morgan fingerprint density at radius 2 is 1.47 bits per heavy atom. The Morgan fingerprint density at radius 1 is 0.842 bits per heavy atom. The Morgan fingerprint density at radius 3 is 2.11 bits per heavy atom. The van der Waals surface area contributed by atoms with Crippen molar-refractivity contribution in [2.24, 2.45) is 0 Å². The van der Waals surface area contributed by atoms with Crippen molar-refractivity contribution in [3.8, 4) is 11.1 Å². The van der Waals surface area contributed by atoms with Crippen LogP contribution in [-0.2, 0) is 0 Å². The molecule has 2 aromatic carbocycles. The van der Waals surface area contributed by atoms with E-state index in [0.29, 0.717) is 0 Å². The molecule has 0 aliphatic carbocycles. The summed E-state index contributed by atoms with van der Waals surface area (Å²) in [7, 11) is 0. The highest BCUT2D eigenvalue weighted by Gasteiger charge is 2.21. The van der Waals surface area contributed by atoms with Crippen LogP contribution in [-0.4, -0.2) is 0 Å². The van der Waals surface area contributed by atoms with Gasteiger partial charge in [-0.05, 0) is 23.8 Å². The van der Waals surface area contributed by atoms with Crippen LogP contribution >= 0.6 is 34.8 Å². The van der Waals surface area contributed by atoms with Crippen LogP contribution in [0.25, 0.3) is 11.1 Å². The molecule has 0 amide bonds. The van der Waals surface area contributed by atoms with Crippen LogP contribution in [0.3, 0.4) is 0 Å². The summed E-state index contributed by atoms with van der Waals surface area (Å²) in [5.74, 6) is -0.991. The van der Waals surface area contributed by atoms with E-state index in [1.807, 2.05) is 0 Å². The third kappa shape index (κ3) is 2.83. The van der Waals surface area contributed by atoms with Crippen LogP contribution in [0.4, 0.5) is 13.2 Å². The Balaban J connectivity index is 2.72. The van der Waals surface area contributed by atoms with Gasteiger partial charge in [0, 0.05) is 10.6 Å². The fraction of sp³-hybridized carbons (Fsp3) is 0.0769. The van der Waals surface area contributed by atoms with Crippen LogP contribution < -0.4 is 0 Å². The Hall–Kier alpha value is -0.900. The molecule has 6 heteroatoms. The molecule has 0 saturated carbocycles. The summed E-state index contributed by atoms with van der Waals surface area (Å²) in [5.41, 5.74) is -0.493. The normalized spacial score (nSPS) is 11.1. The molecule has 0 radical (unpaired) electrons. The summed E-state index contributed by atoms with van der Waals surface area (Å²) < 4.78 is 39.4. The van der Waals surface area contributed by atoms with Gasteiger partial charge in [-0.2, -0.15) is 0 Å². The van der Waals surface area contributed by atoms with Crippen LogP contribution in [0.2, 0.25) is 15.1 Å². The summed E-state index contributed by atoms with van der Waals surface area (Å²) in [5, 5.41) is 0.484. The minimum atomic E-state index is -2.96. The molecule has 2 rings (SSSR count). The molecule has 0 saturated heterocycles. The summed E-state index contributed by atoms with van der Waals surface area (Å²) in [6.45, 7) is 0. The largest absolute Gasteiger partial charge is 0.267 e. The molecule has 0 aliphatic heterocycles. The van der Waals surface area contributed by atoms with Crippen molar-refractivity contribution in [2.75, 3.05) is 0 Å². The molecule has 0 aliphatic rings. The number of hydrogen-bond acceptors (Lipinski definition) is 0. The summed E-state index contributed by atoms with van der Waals surface area (Å²) in [6.07, 6.45) is -2.96. The number of rotatable bonds is 2. The zero-order valence-corrected chi connectivity index (χ0v) is 11.5. The van der Waals surface area contributed by atoms with E-state index in [1.54, 1.807) is 0 Å². The molecule has 0 aromatic heterocycles. The quantitative estimate of drug-likeness (QED) is 0.561. The zero-order chi connectivity index (χ0) is 14.2. The van der Waals surface area contributed by atoms with Gasteiger partial charge in [-0.15, -0.1) is 0 Å². The first-order chi connectivity index (χ1) is 8.91. The number of alkyl halides is 2. The lowest BCUT2D eigenvalue weighted by molar-refractivity contribution is 0.147. The molecule has 0 spiro atoms. The van der Waals surface area contributed by atoms with Crippen molar-refractivity contribution in [3.05, 3.63) is 56.8 Å². The van der Waals surface area contributed by atoms with Gasteiger partial charge in [-0.3, -0.25) is 0 Å². The van der Waals surface area contributed by atoms with E-state index in [9.17, 15) is 13.2 Å². The molecule has 0 atom stereocenters. The standard InChI is InChI=1S/C13H6Cl3F3/c14-8-5-10(16)9(15)4-7(8)6-2-1-3-11(17)12(6)13(18)19/h1-5,13H. The van der Waals surface area contributed by atoms with Gasteiger partial charge in [0.1, 0.15) is 5.82 Å². The molecule has 0 fully saturated rings. The van der Waals surface area contributed by atoms with E-state index in [0.717, 1.165) is 6.07 Å². The minimum Gasteiger partial charge on any atom is -0.206 e. The molecule has 19 heavy (non-hydrogen) atoms. The highest BCUT2D eigenvalue weighted by atomic mass is 35.5. The predicted octanol–water partition coefficient (Wildman–Crippen LogP) is 6.39. The van der Waals surface area contributed by atoms with E-state index in [1.165, 1.54) is 24.3 Å². The second-order valence-electron chi connectivity index (χ2n) is 3.75. The van der Waals surface area contributed by atoms with E-state index in [4.69, 9.17) is 34.8 Å². The highest BCUT2D eigenvalue weighted by molar-refractivity contribution is 6.44. The molecular weight excluding hydrogens is 319 g/mol. The maximum atomic E-state index is 13.5. The van der Waals surface area contributed by atoms with Gasteiger partial charge in [0.2, 0.25) is 0 Å². The lowest BCUT2D eigenvalue weighted by atomic mass is 9.99. The third-order valence-electron chi connectivity index (χ3n) is 2.57. The molecule has 0 unspecified atom stereocenters. The number of benzene rings is 2. The summed E-state index contributed by atoms with van der Waals surface area (Å²) in [4.78, 5) is 0. The van der Waals surface area contributed by atoms with Crippen molar-refractivity contribution in [3.63, 3.8) is 0 Å². The molecule has 100 valence electrons. The zero-order valence-electron chi connectivity index (χ0n) is 9.23. The monoisotopic (exact) mass is 324 g/mol. The van der Waals surface area contributed by atoms with Gasteiger partial charge >= 0.3 is 0 Å². The first-order valence-electron chi connectivity index (χ1n) is 5.13. The van der Waals surface area contributed by atoms with Crippen LogP contribution in [0.5, 0.6) is 0 Å². The topological polar surface area (TPSA) is 0 Å². The van der Waals surface area contributed by atoms with Crippen LogP contribution in [0, 0.1) is 5.82 Å². The van der Waals surface area contributed by atoms with Gasteiger partial charge in [-0.25, -0.2) is 13.2 Å². The molecule has 0 heterocycles. The first kappa shape index (κ1) is 14.5. The fourth-order valence-corrected chi connectivity index (χ4v) is 2.37. The second kappa shape index (κ2) is 5.61. The van der Waals surface area contributed by atoms with Crippen molar-refractivity contribution >= 4 is 34.8 Å². The van der Waals surface area contributed by atoms with Crippen molar-refractivity contribution < 1.29 is 13.2 Å². The van der Waals surface area contributed by atoms with Gasteiger partial charge in [0.05, 0.1) is 15.6 Å². The smallest absolute Gasteiger partial charge is 0.206 e. The predicted molar refractivity (Wildman–Crippen MR) is 71.8 cm³/mol. The third-order valence-corrected chi connectivity index (χ3v) is 3.61. The van der Waals surface area contributed by atoms with E-state index in [2.05, 4.69) is 0 Å². The maximum Gasteiger partial charge on any atom is 0.267 e. The van der Waals surface area contributed by atoms with Crippen molar-refractivity contribution in [1.82, 2.24) is 0 Å². The maximum absolute atomic E-state index is 13.5. The SMILES string of the molecule is Fc1cccc(-c2cc(Cl)c(Cl)cc2Cl)c1C(F)F. The highest BCUT2D eigenvalue weighted by Crippen LogP contribution is 2.39. The average molecular weight is 326 g/mol. The van der Waals surface area contributed by atoms with E-state index >= 15 is 0 Å². The van der Waals surface area contributed by atoms with E-state index < -0.39 is 17.8 Å². The Kier molecular flexibility index (Phi) is 4.29. The lowest BCUT2D eigenvalue weighted by Gasteiger charge is -2.12. The van der Waals surface area contributed by atoms with Gasteiger partial charge < -0.3 is 0 Å². The van der Waals surface area contributed by atoms with E-state index in [-0.39, 0.29) is 26.2 Å². The Bertz CT molecular complexity index is 627. The number of halogens is 6. The Labute approximate surface area is 122 Å². The molecule has 0 N–H and O–H groups in total. The van der Waals surface area contributed by atoms with Crippen molar-refractivity contribution in [2.45, 2.75) is 6.43 Å². The average Bonchev–Trinajstić information content (AvgIpc) is 2.33. The molecule has 0 bridgehead atoms. The van der Waals surface area contributed by atoms with Crippen molar-refractivity contribution in [1.29, 1.82) is 0 Å².